The molecule has 2 aromatic carbocycles. The minimum Gasteiger partial charge on any atom is -0.468 e. The minimum absolute atomic E-state index is 0.215. The maximum atomic E-state index is 12.3. The van der Waals surface area contributed by atoms with Crippen LogP contribution in [0.25, 0.3) is 0 Å². The summed E-state index contributed by atoms with van der Waals surface area (Å²) in [6.45, 7) is 3.58. The van der Waals surface area contributed by atoms with E-state index in [0.717, 1.165) is 5.56 Å². The first kappa shape index (κ1) is 16.3. The van der Waals surface area contributed by atoms with Crippen LogP contribution in [0.1, 0.15) is 29.8 Å². The quantitative estimate of drug-likeness (QED) is 0.805. The van der Waals surface area contributed by atoms with Gasteiger partial charge in [0, 0.05) is 5.02 Å². The van der Waals surface area contributed by atoms with Gasteiger partial charge in [-0.25, -0.2) is 0 Å². The molecule has 2 N–H and O–H groups in total. The van der Waals surface area contributed by atoms with Crippen LogP contribution in [0.5, 0.6) is 0 Å². The number of fused-ring (bicyclic) bond motifs is 2. The Kier molecular flexibility index (Phi) is 3.97. The maximum absolute atomic E-state index is 12.3. The Bertz CT molecular complexity index is 846. The summed E-state index contributed by atoms with van der Waals surface area (Å²) in [7, 11) is 1.37. The number of nitrogens with one attached hydrogen (secondary N) is 2. The molecule has 0 saturated carbocycles. The zero-order valence-corrected chi connectivity index (χ0v) is 14.3. The van der Waals surface area contributed by atoms with Gasteiger partial charge in [-0.2, -0.15) is 0 Å². The van der Waals surface area contributed by atoms with Crippen molar-refractivity contribution in [3.8, 4) is 0 Å². The standard InChI is InChI=1S/C18H17ClN2O3/c1-18(2,17(23)24-3)10-4-7-13-15(8-10)20-14-9-11(19)5-6-12(14)16(22)21-13/h4-9,20H,1-3H3,(H,21,22). The summed E-state index contributed by atoms with van der Waals surface area (Å²) < 4.78 is 4.88. The minimum atomic E-state index is -0.807. The van der Waals surface area contributed by atoms with Gasteiger partial charge in [-0.15, -0.1) is 0 Å². The highest BCUT2D eigenvalue weighted by atomic mass is 35.5. The maximum Gasteiger partial charge on any atom is 0.315 e. The zero-order chi connectivity index (χ0) is 17.5. The van der Waals surface area contributed by atoms with Crippen molar-refractivity contribution in [1.29, 1.82) is 0 Å². The number of anilines is 3. The second kappa shape index (κ2) is 5.83. The number of hydrogen-bond acceptors (Lipinski definition) is 4. The summed E-state index contributed by atoms with van der Waals surface area (Å²) in [5, 5.41) is 6.61. The highest BCUT2D eigenvalue weighted by Gasteiger charge is 2.32. The van der Waals surface area contributed by atoms with Crippen LogP contribution in [0, 0.1) is 0 Å². The van der Waals surface area contributed by atoms with Crippen molar-refractivity contribution in [2.75, 3.05) is 17.7 Å². The van der Waals surface area contributed by atoms with Gasteiger partial charge in [-0.05, 0) is 49.7 Å². The van der Waals surface area contributed by atoms with E-state index in [9.17, 15) is 9.59 Å². The van der Waals surface area contributed by atoms with Crippen molar-refractivity contribution < 1.29 is 14.3 Å². The van der Waals surface area contributed by atoms with Crippen molar-refractivity contribution in [2.45, 2.75) is 19.3 Å². The van der Waals surface area contributed by atoms with Crippen LogP contribution in [0.15, 0.2) is 36.4 Å². The zero-order valence-electron chi connectivity index (χ0n) is 13.6. The highest BCUT2D eigenvalue weighted by molar-refractivity contribution is 6.31. The van der Waals surface area contributed by atoms with E-state index in [1.165, 1.54) is 7.11 Å². The van der Waals surface area contributed by atoms with Crippen LogP contribution in [0.2, 0.25) is 5.02 Å². The molecule has 2 aromatic rings. The fourth-order valence-electron chi connectivity index (χ4n) is 2.67. The summed E-state index contributed by atoms with van der Waals surface area (Å²) in [6.07, 6.45) is 0. The average Bonchev–Trinajstić information content (AvgIpc) is 2.68. The Hall–Kier alpha value is -2.53. The number of esters is 1. The van der Waals surface area contributed by atoms with Gasteiger partial charge in [0.2, 0.25) is 0 Å². The molecular weight excluding hydrogens is 328 g/mol. The predicted molar refractivity (Wildman–Crippen MR) is 94.2 cm³/mol. The van der Waals surface area contributed by atoms with Gasteiger partial charge >= 0.3 is 5.97 Å². The molecule has 1 amide bonds. The number of rotatable bonds is 2. The second-order valence-electron chi connectivity index (χ2n) is 6.15. The van der Waals surface area contributed by atoms with Gasteiger partial charge in [-0.1, -0.05) is 17.7 Å². The van der Waals surface area contributed by atoms with E-state index in [1.807, 2.05) is 6.07 Å². The molecule has 1 aliphatic heterocycles. The first-order valence-electron chi connectivity index (χ1n) is 7.44. The van der Waals surface area contributed by atoms with Crippen LogP contribution >= 0.6 is 11.6 Å². The molecule has 1 aliphatic rings. The molecule has 0 saturated heterocycles. The van der Waals surface area contributed by atoms with Crippen molar-refractivity contribution in [2.24, 2.45) is 0 Å². The Balaban J connectivity index is 2.08. The number of benzene rings is 2. The van der Waals surface area contributed by atoms with Gasteiger partial charge in [-0.3, -0.25) is 9.59 Å². The van der Waals surface area contributed by atoms with Gasteiger partial charge in [0.15, 0.2) is 0 Å². The largest absolute Gasteiger partial charge is 0.468 e. The summed E-state index contributed by atoms with van der Waals surface area (Å²) >= 11 is 6.04. The Labute approximate surface area is 145 Å². The third kappa shape index (κ3) is 2.71. The van der Waals surface area contributed by atoms with Gasteiger partial charge in [0.25, 0.3) is 5.91 Å². The fraction of sp³-hybridized carbons (Fsp3) is 0.222. The Morgan fingerprint density at radius 2 is 1.79 bits per heavy atom. The number of halogens is 1. The van der Waals surface area contributed by atoms with Crippen molar-refractivity contribution in [3.05, 3.63) is 52.5 Å². The van der Waals surface area contributed by atoms with Crippen LogP contribution in [-0.4, -0.2) is 19.0 Å². The molecule has 3 rings (SSSR count). The second-order valence-corrected chi connectivity index (χ2v) is 6.58. The molecule has 0 aromatic heterocycles. The van der Waals surface area contributed by atoms with E-state index in [2.05, 4.69) is 10.6 Å². The van der Waals surface area contributed by atoms with E-state index < -0.39 is 5.41 Å². The SMILES string of the molecule is COC(=O)C(C)(C)c1ccc2c(c1)Nc1cc(Cl)ccc1C(=O)N2. The molecule has 0 bridgehead atoms. The number of amides is 1. The number of methoxy groups -OCH3 is 1. The highest BCUT2D eigenvalue weighted by Crippen LogP contribution is 2.36. The normalized spacial score (nSPS) is 13.1. The van der Waals surface area contributed by atoms with Crippen molar-refractivity contribution >= 4 is 40.5 Å². The molecule has 0 atom stereocenters. The fourth-order valence-corrected chi connectivity index (χ4v) is 2.84. The number of hydrogen-bond donors (Lipinski definition) is 2. The van der Waals surface area contributed by atoms with Crippen LogP contribution in [0.3, 0.4) is 0 Å². The lowest BCUT2D eigenvalue weighted by Crippen LogP contribution is -2.30. The lowest BCUT2D eigenvalue weighted by molar-refractivity contribution is -0.146. The summed E-state index contributed by atoms with van der Waals surface area (Å²) in [5.41, 5.74) is 2.42. The van der Waals surface area contributed by atoms with E-state index in [0.29, 0.717) is 27.6 Å². The molecular formula is C18H17ClN2O3. The van der Waals surface area contributed by atoms with Gasteiger partial charge in [0.1, 0.15) is 0 Å². The monoisotopic (exact) mass is 344 g/mol. The van der Waals surface area contributed by atoms with E-state index >= 15 is 0 Å². The average molecular weight is 345 g/mol. The third-order valence-electron chi connectivity index (χ3n) is 4.18. The Morgan fingerprint density at radius 3 is 2.50 bits per heavy atom. The van der Waals surface area contributed by atoms with Crippen LogP contribution < -0.4 is 10.6 Å². The molecule has 6 heteroatoms. The first-order chi connectivity index (χ1) is 11.3. The van der Waals surface area contributed by atoms with Crippen molar-refractivity contribution in [1.82, 2.24) is 0 Å². The molecule has 1 heterocycles. The summed E-state index contributed by atoms with van der Waals surface area (Å²) in [4.78, 5) is 24.4. The molecule has 0 spiro atoms. The van der Waals surface area contributed by atoms with Crippen LogP contribution in [-0.2, 0) is 14.9 Å². The van der Waals surface area contributed by atoms with E-state index in [4.69, 9.17) is 16.3 Å². The Morgan fingerprint density at radius 1 is 1.04 bits per heavy atom. The lowest BCUT2D eigenvalue weighted by Gasteiger charge is -2.23. The summed E-state index contributed by atoms with van der Waals surface area (Å²) in [6, 6.07) is 10.5. The molecule has 0 unspecified atom stereocenters. The number of ether oxygens (including phenoxy) is 1. The first-order valence-corrected chi connectivity index (χ1v) is 7.81. The lowest BCUT2D eigenvalue weighted by atomic mass is 9.84. The van der Waals surface area contributed by atoms with Crippen molar-refractivity contribution in [3.63, 3.8) is 0 Å². The smallest absolute Gasteiger partial charge is 0.315 e. The summed E-state index contributed by atoms with van der Waals surface area (Å²) in [5.74, 6) is -0.545. The van der Waals surface area contributed by atoms with E-state index in [-0.39, 0.29) is 11.9 Å². The van der Waals surface area contributed by atoms with Gasteiger partial charge < -0.3 is 15.4 Å². The predicted octanol–water partition coefficient (Wildman–Crippen LogP) is 4.10. The molecule has 0 fully saturated rings. The molecule has 124 valence electrons. The van der Waals surface area contributed by atoms with Crippen LogP contribution in [0.4, 0.5) is 17.1 Å². The molecule has 0 radical (unpaired) electrons. The topological polar surface area (TPSA) is 67.4 Å². The number of carbonyl (C=O) groups is 2. The van der Waals surface area contributed by atoms with Gasteiger partial charge in [0.05, 0.1) is 35.2 Å². The molecule has 5 nitrogen and oxygen atoms in total. The third-order valence-corrected chi connectivity index (χ3v) is 4.42. The molecule has 0 aliphatic carbocycles. The van der Waals surface area contributed by atoms with E-state index in [1.54, 1.807) is 44.2 Å². The molecule has 24 heavy (non-hydrogen) atoms. The number of carbonyl (C=O) groups excluding carboxylic acids is 2.